The molecular formula is C7H11NO5. The van der Waals surface area contributed by atoms with E-state index in [-0.39, 0.29) is 6.61 Å². The van der Waals surface area contributed by atoms with Crippen molar-refractivity contribution >= 4 is 11.9 Å². The summed E-state index contributed by atoms with van der Waals surface area (Å²) in [6.45, 7) is 0.730. The van der Waals surface area contributed by atoms with Gasteiger partial charge in [0.15, 0.2) is 6.10 Å². The van der Waals surface area contributed by atoms with Crippen molar-refractivity contribution in [1.29, 1.82) is 0 Å². The molecule has 74 valence electrons. The Hall–Kier alpha value is -1.14. The summed E-state index contributed by atoms with van der Waals surface area (Å²) < 4.78 is 9.34. The Labute approximate surface area is 74.8 Å². The predicted molar refractivity (Wildman–Crippen MR) is 41.2 cm³/mol. The summed E-state index contributed by atoms with van der Waals surface area (Å²) in [5.74, 6) is -1.78. The molecule has 2 N–H and O–H groups in total. The predicted octanol–water partition coefficient (Wildman–Crippen LogP) is -1.40. The molecule has 0 aromatic carbocycles. The third-order valence-electron chi connectivity index (χ3n) is 1.76. The smallest absolute Gasteiger partial charge is 0.335 e. The lowest BCUT2D eigenvalue weighted by Gasteiger charge is -2.27. The first-order valence-corrected chi connectivity index (χ1v) is 3.82. The molecule has 1 rings (SSSR count). The molecule has 1 saturated heterocycles. The molecule has 0 aromatic rings. The van der Waals surface area contributed by atoms with E-state index < -0.39 is 24.1 Å². The van der Waals surface area contributed by atoms with Crippen LogP contribution in [0.5, 0.6) is 0 Å². The minimum atomic E-state index is -1.16. The van der Waals surface area contributed by atoms with E-state index in [0.29, 0.717) is 6.54 Å². The summed E-state index contributed by atoms with van der Waals surface area (Å²) in [6.07, 6.45) is -1.15. The number of rotatable bonds is 2. The Kier molecular flexibility index (Phi) is 3.21. The summed E-state index contributed by atoms with van der Waals surface area (Å²) in [5.41, 5.74) is 0. The third-order valence-corrected chi connectivity index (χ3v) is 1.76. The first-order chi connectivity index (χ1) is 6.16. The molecule has 6 nitrogen and oxygen atoms in total. The number of carboxylic acids is 1. The topological polar surface area (TPSA) is 84.9 Å². The number of esters is 1. The summed E-state index contributed by atoms with van der Waals surface area (Å²) in [7, 11) is 1.21. The molecule has 1 fully saturated rings. The quantitative estimate of drug-likeness (QED) is 0.520. The van der Waals surface area contributed by atoms with Crippen molar-refractivity contribution in [3.05, 3.63) is 0 Å². The van der Waals surface area contributed by atoms with Gasteiger partial charge in [0, 0.05) is 6.54 Å². The van der Waals surface area contributed by atoms with Crippen LogP contribution in [0.2, 0.25) is 0 Å². The fourth-order valence-electron chi connectivity index (χ4n) is 1.15. The van der Waals surface area contributed by atoms with Gasteiger partial charge in [0.05, 0.1) is 13.7 Å². The van der Waals surface area contributed by atoms with E-state index in [1.807, 2.05) is 0 Å². The summed E-state index contributed by atoms with van der Waals surface area (Å²) in [5, 5.41) is 11.4. The zero-order chi connectivity index (χ0) is 9.84. The Balaban J connectivity index is 2.67. The maximum atomic E-state index is 11.1. The van der Waals surface area contributed by atoms with Gasteiger partial charge in [0.1, 0.15) is 6.04 Å². The van der Waals surface area contributed by atoms with Gasteiger partial charge >= 0.3 is 11.9 Å². The highest BCUT2D eigenvalue weighted by Crippen LogP contribution is 2.06. The minimum Gasteiger partial charge on any atom is -0.479 e. The van der Waals surface area contributed by atoms with Crippen molar-refractivity contribution in [3.63, 3.8) is 0 Å². The molecule has 0 bridgehead atoms. The normalized spacial score (nSPS) is 28.1. The zero-order valence-corrected chi connectivity index (χ0v) is 7.15. The molecule has 1 aliphatic rings. The van der Waals surface area contributed by atoms with Crippen molar-refractivity contribution in [2.24, 2.45) is 0 Å². The number of hydrogen-bond donors (Lipinski definition) is 2. The zero-order valence-electron chi connectivity index (χ0n) is 7.15. The number of carbonyl (C=O) groups is 2. The lowest BCUT2D eigenvalue weighted by Crippen LogP contribution is -2.56. The number of methoxy groups -OCH3 is 1. The number of carboxylic acid groups (broad SMARTS) is 1. The van der Waals surface area contributed by atoms with Crippen molar-refractivity contribution < 1.29 is 24.2 Å². The first kappa shape index (κ1) is 9.94. The van der Waals surface area contributed by atoms with Gasteiger partial charge in [-0.2, -0.15) is 0 Å². The van der Waals surface area contributed by atoms with E-state index in [1.54, 1.807) is 0 Å². The van der Waals surface area contributed by atoms with Crippen LogP contribution in [-0.2, 0) is 19.1 Å². The molecule has 0 aromatic heterocycles. The highest BCUT2D eigenvalue weighted by atomic mass is 16.5. The average Bonchev–Trinajstić information content (AvgIpc) is 2.16. The summed E-state index contributed by atoms with van der Waals surface area (Å²) >= 11 is 0. The van der Waals surface area contributed by atoms with E-state index in [0.717, 1.165) is 0 Å². The van der Waals surface area contributed by atoms with Crippen LogP contribution in [0.15, 0.2) is 0 Å². The van der Waals surface area contributed by atoms with Crippen molar-refractivity contribution in [2.45, 2.75) is 12.1 Å². The Morgan fingerprint density at radius 1 is 1.62 bits per heavy atom. The van der Waals surface area contributed by atoms with Gasteiger partial charge in [-0.05, 0) is 0 Å². The van der Waals surface area contributed by atoms with Gasteiger partial charge in [-0.25, -0.2) is 4.79 Å². The molecule has 6 heteroatoms. The Bertz CT molecular complexity index is 217. The number of aliphatic carboxylic acids is 1. The lowest BCUT2D eigenvalue weighted by molar-refractivity contribution is -0.165. The molecule has 2 atom stereocenters. The number of hydrogen-bond acceptors (Lipinski definition) is 5. The van der Waals surface area contributed by atoms with Crippen LogP contribution in [0.3, 0.4) is 0 Å². The van der Waals surface area contributed by atoms with Gasteiger partial charge < -0.3 is 14.6 Å². The highest BCUT2D eigenvalue weighted by molar-refractivity contribution is 5.85. The van der Waals surface area contributed by atoms with E-state index in [1.165, 1.54) is 7.11 Å². The van der Waals surface area contributed by atoms with Crippen molar-refractivity contribution in [2.75, 3.05) is 20.3 Å². The van der Waals surface area contributed by atoms with Gasteiger partial charge in [-0.3, -0.25) is 10.1 Å². The largest absolute Gasteiger partial charge is 0.479 e. The monoisotopic (exact) mass is 189 g/mol. The number of carbonyl (C=O) groups excluding carboxylic acids is 1. The SMILES string of the molecule is COC(=O)C1NCCOC1C(=O)O. The molecule has 0 aliphatic carbocycles. The molecule has 13 heavy (non-hydrogen) atoms. The maximum absolute atomic E-state index is 11.1. The summed E-state index contributed by atoms with van der Waals surface area (Å²) in [6, 6.07) is -0.906. The second kappa shape index (κ2) is 4.20. The second-order valence-electron chi connectivity index (χ2n) is 2.58. The van der Waals surface area contributed by atoms with Gasteiger partial charge in [-0.1, -0.05) is 0 Å². The Morgan fingerprint density at radius 2 is 2.31 bits per heavy atom. The van der Waals surface area contributed by atoms with Crippen LogP contribution >= 0.6 is 0 Å². The van der Waals surface area contributed by atoms with Gasteiger partial charge in [0.25, 0.3) is 0 Å². The standard InChI is InChI=1S/C7H11NO5/c1-12-7(11)4-5(6(9)10)13-3-2-8-4/h4-5,8H,2-3H2,1H3,(H,9,10). The molecule has 0 radical (unpaired) electrons. The number of morpholine rings is 1. The molecule has 1 aliphatic heterocycles. The second-order valence-corrected chi connectivity index (χ2v) is 2.58. The number of ether oxygens (including phenoxy) is 2. The molecule has 0 spiro atoms. The molecule has 0 amide bonds. The Morgan fingerprint density at radius 3 is 2.85 bits per heavy atom. The third kappa shape index (κ3) is 2.16. The molecule has 0 saturated carbocycles. The van der Waals surface area contributed by atoms with Crippen LogP contribution in [-0.4, -0.2) is 49.5 Å². The fourth-order valence-corrected chi connectivity index (χ4v) is 1.15. The van der Waals surface area contributed by atoms with Crippen LogP contribution in [0, 0.1) is 0 Å². The van der Waals surface area contributed by atoms with Crippen LogP contribution < -0.4 is 5.32 Å². The fraction of sp³-hybridized carbons (Fsp3) is 0.714. The molecular weight excluding hydrogens is 178 g/mol. The molecule has 1 heterocycles. The molecule has 2 unspecified atom stereocenters. The number of nitrogens with one attached hydrogen (secondary N) is 1. The summed E-state index contributed by atoms with van der Waals surface area (Å²) in [4.78, 5) is 21.7. The van der Waals surface area contributed by atoms with Crippen LogP contribution in [0.25, 0.3) is 0 Å². The lowest BCUT2D eigenvalue weighted by atomic mass is 10.1. The van der Waals surface area contributed by atoms with E-state index in [4.69, 9.17) is 9.84 Å². The average molecular weight is 189 g/mol. The van der Waals surface area contributed by atoms with E-state index in [2.05, 4.69) is 10.1 Å². The van der Waals surface area contributed by atoms with E-state index >= 15 is 0 Å². The van der Waals surface area contributed by atoms with Crippen molar-refractivity contribution in [3.8, 4) is 0 Å². The van der Waals surface area contributed by atoms with E-state index in [9.17, 15) is 9.59 Å². The minimum absolute atomic E-state index is 0.282. The van der Waals surface area contributed by atoms with Gasteiger partial charge in [-0.15, -0.1) is 0 Å². The first-order valence-electron chi connectivity index (χ1n) is 3.82. The van der Waals surface area contributed by atoms with Crippen molar-refractivity contribution in [1.82, 2.24) is 5.32 Å². The van der Waals surface area contributed by atoms with Crippen LogP contribution in [0.4, 0.5) is 0 Å². The van der Waals surface area contributed by atoms with Gasteiger partial charge in [0.2, 0.25) is 0 Å². The highest BCUT2D eigenvalue weighted by Gasteiger charge is 2.37. The van der Waals surface area contributed by atoms with Crippen LogP contribution in [0.1, 0.15) is 0 Å². The maximum Gasteiger partial charge on any atom is 0.335 e.